The number of ether oxygens (including phenoxy) is 1. The minimum absolute atomic E-state index is 0.0555. The molecule has 0 aliphatic rings. The fraction of sp³-hybridized carbons (Fsp3) is 0.591. The topological polar surface area (TPSA) is 301 Å². The van der Waals surface area contributed by atoms with E-state index in [1.165, 1.54) is 0 Å². The normalized spacial score (nSPS) is 14.0. The third-order valence-corrected chi connectivity index (χ3v) is 5.93. The van der Waals surface area contributed by atoms with E-state index in [1.807, 2.05) is 5.32 Å². The van der Waals surface area contributed by atoms with Gasteiger partial charge in [0.25, 0.3) is 6.47 Å². The van der Waals surface area contributed by atoms with Crippen molar-refractivity contribution >= 4 is 77.9 Å². The molecule has 42 heavy (non-hydrogen) atoms. The first-order valence-corrected chi connectivity index (χ1v) is 13.2. The van der Waals surface area contributed by atoms with E-state index in [9.17, 15) is 43.5 Å². The molecule has 0 aromatic carbocycles. The van der Waals surface area contributed by atoms with Gasteiger partial charge >= 0.3 is 23.9 Å². The number of carbonyl (C=O) groups excluding carboxylic acids is 4. The van der Waals surface area contributed by atoms with Gasteiger partial charge in [-0.15, -0.1) is 0 Å². The molecular weight excluding hydrogens is 606 g/mol. The van der Waals surface area contributed by atoms with Crippen LogP contribution in [0.25, 0.3) is 0 Å². The Morgan fingerprint density at radius 1 is 0.762 bits per heavy atom. The van der Waals surface area contributed by atoms with Gasteiger partial charge < -0.3 is 52.2 Å². The van der Waals surface area contributed by atoms with Crippen LogP contribution >= 0.6 is 24.8 Å². The molecule has 0 aliphatic heterocycles. The van der Waals surface area contributed by atoms with Gasteiger partial charge in [-0.3, -0.25) is 28.8 Å². The molecule has 0 fully saturated rings. The number of Topliss-reactive ketones (excluding diaryl/α,β-unsaturated/α-hetero) is 1. The summed E-state index contributed by atoms with van der Waals surface area (Å²) in [6.07, 6.45) is -3.67. The van der Waals surface area contributed by atoms with E-state index in [2.05, 4.69) is 33.3 Å². The van der Waals surface area contributed by atoms with Gasteiger partial charge in [-0.25, -0.2) is 9.59 Å². The number of thiocarbonyl (C=S) groups is 1. The summed E-state index contributed by atoms with van der Waals surface area (Å²) in [6.45, 7) is 0.0555. The first kappa shape index (κ1) is 38.0. The predicted octanol–water partition coefficient (Wildman–Crippen LogP) is -2.82. The van der Waals surface area contributed by atoms with Crippen molar-refractivity contribution in [1.29, 1.82) is 0 Å². The first-order valence-electron chi connectivity index (χ1n) is 12.1. The molecule has 0 aromatic rings. The van der Waals surface area contributed by atoms with Crippen molar-refractivity contribution in [2.45, 2.75) is 75.3 Å². The van der Waals surface area contributed by atoms with Gasteiger partial charge in [-0.1, -0.05) is 0 Å². The highest BCUT2D eigenvalue weighted by molar-refractivity contribution is 7.80. The number of nitrogens with one attached hydrogen (secondary N) is 4. The lowest BCUT2D eigenvalue weighted by Crippen LogP contribution is -2.55. The molecule has 0 spiro atoms. The number of aliphatic carboxylic acids is 4. The standard InChI is InChI=1S/C22H33N5O13S2/c23-11(18(34)24-13(7-17(32)33)19(35)25-14(8-41)21(38)39)3-1-10(29)2-4-12(20(36)37)26-22(42)27-15(40-9-28)5-6-16(30)31/h9,11-15,41H,1-8,23H2,(H,24,34)(H,25,35)(H,30,31)(H,32,33)(H,36,37)(H,38,39)(H2,26,27,42)/t11-,12-,13-,14-,15+/m0/s1. The van der Waals surface area contributed by atoms with Crippen molar-refractivity contribution in [2.75, 3.05) is 5.75 Å². The number of thiol groups is 1. The molecule has 0 aliphatic carbocycles. The molecule has 5 atom stereocenters. The summed E-state index contributed by atoms with van der Waals surface area (Å²) in [5, 5.41) is 44.9. The first-order chi connectivity index (χ1) is 19.6. The highest BCUT2D eigenvalue weighted by Gasteiger charge is 2.29. The second kappa shape index (κ2) is 19.9. The van der Waals surface area contributed by atoms with E-state index in [0.29, 0.717) is 0 Å². The molecule has 0 saturated heterocycles. The van der Waals surface area contributed by atoms with Crippen LogP contribution in [0.5, 0.6) is 0 Å². The number of ketones is 1. The van der Waals surface area contributed by atoms with Crippen LogP contribution < -0.4 is 27.0 Å². The Labute approximate surface area is 249 Å². The lowest BCUT2D eigenvalue weighted by Gasteiger charge is -2.22. The van der Waals surface area contributed by atoms with Gasteiger partial charge in [0, 0.05) is 25.0 Å². The number of carboxylic acids is 4. The fourth-order valence-corrected chi connectivity index (χ4v) is 3.62. The van der Waals surface area contributed by atoms with Crippen molar-refractivity contribution < 1.29 is 63.5 Å². The Kier molecular flexibility index (Phi) is 18.0. The smallest absolute Gasteiger partial charge is 0.327 e. The number of carboxylic acid groups (broad SMARTS) is 4. The maximum absolute atomic E-state index is 12.4. The molecule has 0 unspecified atom stereocenters. The van der Waals surface area contributed by atoms with Crippen LogP contribution in [0, 0.1) is 0 Å². The summed E-state index contributed by atoms with van der Waals surface area (Å²) in [4.78, 5) is 92.1. The van der Waals surface area contributed by atoms with Crippen LogP contribution in [0.3, 0.4) is 0 Å². The van der Waals surface area contributed by atoms with Gasteiger partial charge in [-0.2, -0.15) is 12.6 Å². The molecule has 0 heterocycles. The molecule has 18 nitrogen and oxygen atoms in total. The Bertz CT molecular complexity index is 1030. The van der Waals surface area contributed by atoms with Crippen LogP contribution in [0.4, 0.5) is 0 Å². The summed E-state index contributed by atoms with van der Waals surface area (Å²) in [5.41, 5.74) is 5.75. The molecule has 20 heteroatoms. The van der Waals surface area contributed by atoms with Gasteiger partial charge in [0.1, 0.15) is 23.9 Å². The molecule has 0 saturated carbocycles. The molecule has 236 valence electrons. The van der Waals surface area contributed by atoms with Crippen molar-refractivity contribution in [3.05, 3.63) is 0 Å². The maximum Gasteiger partial charge on any atom is 0.327 e. The lowest BCUT2D eigenvalue weighted by atomic mass is 10.0. The number of amides is 2. The van der Waals surface area contributed by atoms with Gasteiger partial charge in [0.05, 0.1) is 18.9 Å². The molecule has 0 aromatic heterocycles. The van der Waals surface area contributed by atoms with Crippen LogP contribution in [-0.4, -0.2) is 110 Å². The maximum atomic E-state index is 12.4. The van der Waals surface area contributed by atoms with Crippen LogP contribution in [0.1, 0.15) is 44.9 Å². The van der Waals surface area contributed by atoms with Gasteiger partial charge in [0.2, 0.25) is 11.8 Å². The number of carbonyl (C=O) groups is 8. The molecule has 0 bridgehead atoms. The zero-order valence-corrected chi connectivity index (χ0v) is 23.7. The van der Waals surface area contributed by atoms with E-state index in [1.54, 1.807) is 0 Å². The summed E-state index contributed by atoms with van der Waals surface area (Å²) in [6, 6.07) is -5.86. The third kappa shape index (κ3) is 16.3. The van der Waals surface area contributed by atoms with Crippen molar-refractivity contribution in [3.8, 4) is 0 Å². The summed E-state index contributed by atoms with van der Waals surface area (Å²) >= 11 is 8.74. The highest BCUT2D eigenvalue weighted by Crippen LogP contribution is 2.07. The Balaban J connectivity index is 4.93. The van der Waals surface area contributed by atoms with Crippen LogP contribution in [0.15, 0.2) is 0 Å². The van der Waals surface area contributed by atoms with E-state index in [0.717, 1.165) is 0 Å². The molecule has 0 radical (unpaired) electrons. The van der Waals surface area contributed by atoms with E-state index in [-0.39, 0.29) is 55.9 Å². The Hall–Kier alpha value is -4.04. The predicted molar refractivity (Wildman–Crippen MR) is 147 cm³/mol. The number of nitrogens with two attached hydrogens (primary N) is 1. The Morgan fingerprint density at radius 2 is 1.33 bits per heavy atom. The van der Waals surface area contributed by atoms with Gasteiger partial charge in [-0.05, 0) is 25.1 Å². The number of rotatable bonds is 22. The zero-order valence-electron chi connectivity index (χ0n) is 22.0. The minimum atomic E-state index is -1.67. The monoisotopic (exact) mass is 639 g/mol. The summed E-state index contributed by atoms with van der Waals surface area (Å²) in [5.74, 6) is -8.34. The Morgan fingerprint density at radius 3 is 1.83 bits per heavy atom. The molecule has 0 rings (SSSR count). The average molecular weight is 640 g/mol. The minimum Gasteiger partial charge on any atom is -0.481 e. The average Bonchev–Trinajstić information content (AvgIpc) is 2.89. The zero-order chi connectivity index (χ0) is 32.4. The SMILES string of the molecule is N[C@@H](CCC(=O)CC[C@H](NC(=S)N[C@@H](CCC(=O)O)OC=O)C(=O)O)C(=O)N[C@@H](CC(=O)O)C(=O)N[C@@H](CS)C(=O)O. The van der Waals surface area contributed by atoms with E-state index < -0.39 is 78.3 Å². The molecule has 2 amide bonds. The number of hydrogen-bond acceptors (Lipinski definition) is 12. The summed E-state index contributed by atoms with van der Waals surface area (Å²) in [7, 11) is 0. The fourth-order valence-electron chi connectivity index (χ4n) is 3.10. The van der Waals surface area contributed by atoms with Gasteiger partial charge in [0.15, 0.2) is 11.3 Å². The van der Waals surface area contributed by atoms with Crippen LogP contribution in [0.2, 0.25) is 0 Å². The van der Waals surface area contributed by atoms with Crippen LogP contribution in [-0.2, 0) is 43.1 Å². The second-order valence-electron chi connectivity index (χ2n) is 8.63. The van der Waals surface area contributed by atoms with E-state index in [4.69, 9.17) is 33.3 Å². The second-order valence-corrected chi connectivity index (χ2v) is 9.40. The quantitative estimate of drug-likeness (QED) is 0.0247. The van der Waals surface area contributed by atoms with Crippen molar-refractivity contribution in [2.24, 2.45) is 5.73 Å². The van der Waals surface area contributed by atoms with E-state index >= 15 is 0 Å². The molecule has 10 N–H and O–H groups in total. The van der Waals surface area contributed by atoms with Crippen molar-refractivity contribution in [3.63, 3.8) is 0 Å². The summed E-state index contributed by atoms with van der Waals surface area (Å²) < 4.78 is 4.66. The molecular formula is C22H33N5O13S2. The highest BCUT2D eigenvalue weighted by atomic mass is 32.1. The third-order valence-electron chi connectivity index (χ3n) is 5.33. The lowest BCUT2D eigenvalue weighted by molar-refractivity contribution is -0.143. The number of hydrogen-bond donors (Lipinski definition) is 10. The van der Waals surface area contributed by atoms with Crippen molar-refractivity contribution in [1.82, 2.24) is 21.3 Å². The largest absolute Gasteiger partial charge is 0.481 e.